The number of ether oxygens (including phenoxy) is 2. The van der Waals surface area contributed by atoms with Crippen LogP contribution in [-0.4, -0.2) is 31.5 Å². The van der Waals surface area contributed by atoms with Crippen molar-refractivity contribution in [1.29, 1.82) is 0 Å². The normalized spacial score (nSPS) is 33.5. The van der Waals surface area contributed by atoms with E-state index in [-0.39, 0.29) is 23.6 Å². The second-order valence-electron chi connectivity index (χ2n) is 5.76. The van der Waals surface area contributed by atoms with Crippen LogP contribution < -0.4 is 5.32 Å². The lowest BCUT2D eigenvalue weighted by molar-refractivity contribution is -0.184. The van der Waals surface area contributed by atoms with Crippen molar-refractivity contribution < 1.29 is 13.9 Å². The van der Waals surface area contributed by atoms with Gasteiger partial charge in [0, 0.05) is 19.4 Å². The summed E-state index contributed by atoms with van der Waals surface area (Å²) in [6, 6.07) is 6.76. The van der Waals surface area contributed by atoms with Gasteiger partial charge in [0.15, 0.2) is 0 Å². The Labute approximate surface area is 119 Å². The van der Waals surface area contributed by atoms with Crippen molar-refractivity contribution in [2.75, 3.05) is 19.0 Å². The number of hydrogen-bond acceptors (Lipinski definition) is 3. The molecule has 1 saturated heterocycles. The maximum Gasteiger partial charge on any atom is 0.123 e. The monoisotopic (exact) mass is 279 g/mol. The van der Waals surface area contributed by atoms with Crippen molar-refractivity contribution in [3.05, 3.63) is 30.1 Å². The Bertz CT molecular complexity index is 448. The van der Waals surface area contributed by atoms with Gasteiger partial charge in [0.1, 0.15) is 11.4 Å². The van der Waals surface area contributed by atoms with Gasteiger partial charge >= 0.3 is 0 Å². The Morgan fingerprint density at radius 2 is 2.05 bits per heavy atom. The number of fused-ring (bicyclic) bond motifs is 1. The molecule has 0 amide bonds. The SMILES string of the molecule is CO[C@@]12CCCO[C@@H]1CCCC2Nc1ccc(F)cc1. The second kappa shape index (κ2) is 5.70. The number of benzene rings is 1. The van der Waals surface area contributed by atoms with Gasteiger partial charge in [-0.15, -0.1) is 0 Å². The molecule has 2 aliphatic rings. The number of halogens is 1. The van der Waals surface area contributed by atoms with Gasteiger partial charge in [-0.2, -0.15) is 0 Å². The van der Waals surface area contributed by atoms with E-state index in [2.05, 4.69) is 5.32 Å². The lowest BCUT2D eigenvalue weighted by Gasteiger charge is -2.51. The predicted octanol–water partition coefficient (Wildman–Crippen LogP) is 3.35. The van der Waals surface area contributed by atoms with Crippen molar-refractivity contribution in [3.8, 4) is 0 Å². The van der Waals surface area contributed by atoms with E-state index < -0.39 is 0 Å². The molecule has 2 fully saturated rings. The van der Waals surface area contributed by atoms with Crippen molar-refractivity contribution in [2.24, 2.45) is 0 Å². The van der Waals surface area contributed by atoms with Gasteiger partial charge < -0.3 is 14.8 Å². The van der Waals surface area contributed by atoms with E-state index in [9.17, 15) is 4.39 Å². The average Bonchev–Trinajstić information content (AvgIpc) is 2.50. The van der Waals surface area contributed by atoms with Gasteiger partial charge in [-0.25, -0.2) is 4.39 Å². The van der Waals surface area contributed by atoms with Crippen LogP contribution in [-0.2, 0) is 9.47 Å². The first kappa shape index (κ1) is 13.8. The molecule has 0 spiro atoms. The topological polar surface area (TPSA) is 30.5 Å². The molecule has 20 heavy (non-hydrogen) atoms. The fourth-order valence-electron chi connectivity index (χ4n) is 3.67. The lowest BCUT2D eigenvalue weighted by atomic mass is 9.73. The molecule has 1 N–H and O–H groups in total. The molecule has 1 heterocycles. The van der Waals surface area contributed by atoms with Crippen LogP contribution in [0.4, 0.5) is 10.1 Å². The number of methoxy groups -OCH3 is 1. The fourth-order valence-corrected chi connectivity index (χ4v) is 3.67. The average molecular weight is 279 g/mol. The van der Waals surface area contributed by atoms with E-state index in [4.69, 9.17) is 9.47 Å². The van der Waals surface area contributed by atoms with Gasteiger partial charge in [0.2, 0.25) is 0 Å². The molecule has 0 aromatic heterocycles. The Hall–Kier alpha value is -1.13. The van der Waals surface area contributed by atoms with Gasteiger partial charge in [-0.05, 0) is 56.4 Å². The van der Waals surface area contributed by atoms with Crippen molar-refractivity contribution >= 4 is 5.69 Å². The molecule has 4 heteroatoms. The molecule has 3 rings (SSSR count). The number of rotatable bonds is 3. The zero-order chi connectivity index (χ0) is 14.0. The molecular weight excluding hydrogens is 257 g/mol. The Kier molecular flexibility index (Phi) is 3.94. The zero-order valence-electron chi connectivity index (χ0n) is 11.9. The van der Waals surface area contributed by atoms with Crippen LogP contribution in [0.25, 0.3) is 0 Å². The maximum absolute atomic E-state index is 13.0. The third kappa shape index (κ3) is 2.42. The summed E-state index contributed by atoms with van der Waals surface area (Å²) in [4.78, 5) is 0. The molecule has 3 atom stereocenters. The molecule has 3 nitrogen and oxygen atoms in total. The first-order chi connectivity index (χ1) is 9.74. The van der Waals surface area contributed by atoms with Crippen LogP contribution in [0.2, 0.25) is 0 Å². The highest BCUT2D eigenvalue weighted by Crippen LogP contribution is 2.41. The summed E-state index contributed by atoms with van der Waals surface area (Å²) in [7, 11) is 1.78. The third-order valence-electron chi connectivity index (χ3n) is 4.69. The molecule has 1 aromatic rings. The van der Waals surface area contributed by atoms with Crippen LogP contribution in [0.5, 0.6) is 0 Å². The molecule has 1 saturated carbocycles. The first-order valence-electron chi connectivity index (χ1n) is 7.43. The lowest BCUT2D eigenvalue weighted by Crippen LogP contribution is -2.61. The van der Waals surface area contributed by atoms with Gasteiger partial charge in [-0.3, -0.25) is 0 Å². The van der Waals surface area contributed by atoms with Crippen LogP contribution in [0.15, 0.2) is 24.3 Å². The third-order valence-corrected chi connectivity index (χ3v) is 4.69. The summed E-state index contributed by atoms with van der Waals surface area (Å²) in [5.74, 6) is -0.209. The van der Waals surface area contributed by atoms with Crippen LogP contribution in [0.1, 0.15) is 32.1 Å². The smallest absolute Gasteiger partial charge is 0.123 e. The minimum absolute atomic E-state index is 0.174. The summed E-state index contributed by atoms with van der Waals surface area (Å²) in [5, 5.41) is 3.53. The van der Waals surface area contributed by atoms with E-state index in [1.54, 1.807) is 19.2 Å². The molecule has 0 bridgehead atoms. The zero-order valence-corrected chi connectivity index (χ0v) is 11.9. The van der Waals surface area contributed by atoms with Crippen LogP contribution >= 0.6 is 0 Å². The molecule has 110 valence electrons. The maximum atomic E-state index is 13.0. The predicted molar refractivity (Wildman–Crippen MR) is 76.4 cm³/mol. The summed E-state index contributed by atoms with van der Waals surface area (Å²) in [5.41, 5.74) is 0.698. The fraction of sp³-hybridized carbons (Fsp3) is 0.625. The van der Waals surface area contributed by atoms with E-state index in [0.717, 1.165) is 44.4 Å². The van der Waals surface area contributed by atoms with Gasteiger partial charge in [0.25, 0.3) is 0 Å². The minimum Gasteiger partial charge on any atom is -0.379 e. The van der Waals surface area contributed by atoms with E-state index >= 15 is 0 Å². The standard InChI is InChI=1S/C16H22FNO2/c1-19-16-10-3-11-20-15(16)5-2-4-14(16)18-13-8-6-12(17)7-9-13/h6-9,14-15,18H,2-5,10-11H2,1H3/t14?,15-,16-/m1/s1. The number of anilines is 1. The quantitative estimate of drug-likeness (QED) is 0.920. The highest BCUT2D eigenvalue weighted by molar-refractivity contribution is 5.45. The number of hydrogen-bond donors (Lipinski definition) is 1. The van der Waals surface area contributed by atoms with E-state index in [1.165, 1.54) is 12.1 Å². The van der Waals surface area contributed by atoms with Crippen LogP contribution in [0, 0.1) is 5.82 Å². The highest BCUT2D eigenvalue weighted by atomic mass is 19.1. The highest BCUT2D eigenvalue weighted by Gasteiger charge is 2.50. The van der Waals surface area contributed by atoms with E-state index in [0.29, 0.717) is 0 Å². The summed E-state index contributed by atoms with van der Waals surface area (Å²) in [6.07, 6.45) is 5.49. The van der Waals surface area contributed by atoms with Crippen LogP contribution in [0.3, 0.4) is 0 Å². The van der Waals surface area contributed by atoms with Crippen molar-refractivity contribution in [2.45, 2.75) is 49.9 Å². The molecular formula is C16H22FNO2. The molecule has 1 aromatic carbocycles. The summed E-state index contributed by atoms with van der Waals surface area (Å²) in [6.45, 7) is 0.832. The van der Waals surface area contributed by atoms with Crippen molar-refractivity contribution in [3.63, 3.8) is 0 Å². The Morgan fingerprint density at radius 1 is 1.25 bits per heavy atom. The Morgan fingerprint density at radius 3 is 2.80 bits per heavy atom. The summed E-state index contributed by atoms with van der Waals surface area (Å²) >= 11 is 0. The molecule has 1 unspecified atom stereocenters. The minimum atomic E-state index is -0.245. The second-order valence-corrected chi connectivity index (χ2v) is 5.76. The van der Waals surface area contributed by atoms with Gasteiger partial charge in [-0.1, -0.05) is 0 Å². The Balaban J connectivity index is 1.81. The van der Waals surface area contributed by atoms with Gasteiger partial charge in [0.05, 0.1) is 12.1 Å². The molecule has 0 radical (unpaired) electrons. The summed E-state index contributed by atoms with van der Waals surface area (Å²) < 4.78 is 24.9. The number of nitrogens with one attached hydrogen (secondary N) is 1. The molecule has 1 aliphatic carbocycles. The largest absolute Gasteiger partial charge is 0.379 e. The van der Waals surface area contributed by atoms with E-state index in [1.807, 2.05) is 0 Å². The van der Waals surface area contributed by atoms with Crippen molar-refractivity contribution in [1.82, 2.24) is 0 Å². The first-order valence-corrected chi connectivity index (χ1v) is 7.43. The molecule has 1 aliphatic heterocycles.